The summed E-state index contributed by atoms with van der Waals surface area (Å²) in [5.41, 5.74) is 0.856. The van der Waals surface area contributed by atoms with E-state index in [2.05, 4.69) is 0 Å². The summed E-state index contributed by atoms with van der Waals surface area (Å²) in [6.45, 7) is 1.86. The van der Waals surface area contributed by atoms with Crippen LogP contribution in [0.5, 0.6) is 0 Å². The third-order valence-corrected chi connectivity index (χ3v) is 3.11. The molecule has 1 aromatic rings. The second kappa shape index (κ2) is 5.86. The van der Waals surface area contributed by atoms with Gasteiger partial charge in [0, 0.05) is 0 Å². The highest BCUT2D eigenvalue weighted by Gasteiger charge is 2.06. The van der Waals surface area contributed by atoms with E-state index in [9.17, 15) is 4.55 Å². The lowest BCUT2D eigenvalue weighted by Crippen LogP contribution is -2.05. The molecule has 0 heterocycles. The van der Waals surface area contributed by atoms with Crippen molar-refractivity contribution >= 4 is 11.2 Å². The fourth-order valence-electron chi connectivity index (χ4n) is 0.951. The molecule has 1 aromatic carbocycles. The Bertz CT molecular complexity index is 295. The fraction of sp³-hybridized carbons (Fsp3) is 0.273. The predicted octanol–water partition coefficient (Wildman–Crippen LogP) is 1.73. The first-order valence-corrected chi connectivity index (χ1v) is 5.76. The van der Waals surface area contributed by atoms with Gasteiger partial charge in [0.2, 0.25) is 0 Å². The van der Waals surface area contributed by atoms with Gasteiger partial charge in [0.05, 0.1) is 6.61 Å². The van der Waals surface area contributed by atoms with Gasteiger partial charge in [-0.2, -0.15) is 0 Å². The lowest BCUT2D eigenvalue weighted by molar-refractivity contribution is 0.331. The summed E-state index contributed by atoms with van der Waals surface area (Å²) < 4.78 is 11.6. The quantitative estimate of drug-likeness (QED) is 0.607. The molecule has 0 radical (unpaired) electrons. The third-order valence-electron chi connectivity index (χ3n) is 1.84. The van der Waals surface area contributed by atoms with Crippen molar-refractivity contribution in [1.82, 2.24) is 0 Å². The van der Waals surface area contributed by atoms with Gasteiger partial charge in [-0.05, 0) is 41.9 Å². The van der Waals surface area contributed by atoms with Crippen LogP contribution < -0.4 is 0 Å². The van der Waals surface area contributed by atoms with Gasteiger partial charge < -0.3 is 9.66 Å². The van der Waals surface area contributed by atoms with Gasteiger partial charge in [-0.25, -0.2) is 0 Å². The number of hydrogen-bond donors (Lipinski definition) is 1. The molecule has 0 bridgehead atoms. The van der Waals surface area contributed by atoms with Crippen LogP contribution in [0.1, 0.15) is 6.92 Å². The summed E-state index contributed by atoms with van der Waals surface area (Å²) in [6, 6.07) is 9.33. The Morgan fingerprint density at radius 1 is 1.43 bits per heavy atom. The van der Waals surface area contributed by atoms with E-state index < -0.39 is 11.2 Å². The third kappa shape index (κ3) is 3.54. The van der Waals surface area contributed by atoms with Crippen LogP contribution in [0.3, 0.4) is 0 Å². The van der Waals surface area contributed by atoms with Crippen LogP contribution in [0, 0.1) is 0 Å². The van der Waals surface area contributed by atoms with Crippen molar-refractivity contribution in [2.75, 3.05) is 12.4 Å². The summed E-state index contributed by atoms with van der Waals surface area (Å²) in [5, 5.41) is 8.75. The molecule has 0 aliphatic carbocycles. The van der Waals surface area contributed by atoms with Crippen molar-refractivity contribution < 1.29 is 9.66 Å². The van der Waals surface area contributed by atoms with Gasteiger partial charge in [-0.1, -0.05) is 18.2 Å². The average molecular weight is 210 g/mol. The maximum atomic E-state index is 11.6. The zero-order valence-electron chi connectivity index (χ0n) is 8.14. The zero-order valence-corrected chi connectivity index (χ0v) is 8.96. The molecule has 0 aliphatic heterocycles. The molecule has 1 atom stereocenters. The van der Waals surface area contributed by atoms with Crippen LogP contribution in [0.25, 0.3) is 0 Å². The molecule has 0 aliphatic rings. The van der Waals surface area contributed by atoms with E-state index in [-0.39, 0.29) is 6.61 Å². The maximum Gasteiger partial charge on any atom is 0.152 e. The number of benzene rings is 1. The molecule has 0 fully saturated rings. The first kappa shape index (κ1) is 11.3. The maximum absolute atomic E-state index is 11.6. The van der Waals surface area contributed by atoms with Gasteiger partial charge in [0.25, 0.3) is 0 Å². The van der Waals surface area contributed by atoms with E-state index in [1.54, 1.807) is 0 Å². The second-order valence-electron chi connectivity index (χ2n) is 3.03. The van der Waals surface area contributed by atoms with Crippen LogP contribution >= 0.6 is 0 Å². The lowest BCUT2D eigenvalue weighted by Gasteiger charge is -2.07. The molecule has 1 rings (SSSR count). The highest BCUT2D eigenvalue weighted by atomic mass is 32.2. The highest BCUT2D eigenvalue weighted by molar-refractivity contribution is 7.91. The molecule has 0 saturated carbocycles. The monoisotopic (exact) mass is 210 g/mol. The Morgan fingerprint density at radius 3 is 2.64 bits per heavy atom. The molecule has 0 saturated heterocycles. The Hall–Kier alpha value is -0.770. The van der Waals surface area contributed by atoms with Crippen LogP contribution in [-0.2, 0) is 11.2 Å². The number of aliphatic hydroxyl groups is 1. The summed E-state index contributed by atoms with van der Waals surface area (Å²) in [5.74, 6) is 0.469. The Balaban J connectivity index is 2.55. The van der Waals surface area contributed by atoms with E-state index in [0.717, 1.165) is 10.5 Å². The normalized spacial score (nSPS) is 14.1. The van der Waals surface area contributed by atoms with Gasteiger partial charge in [-0.3, -0.25) is 0 Å². The molecule has 2 nitrogen and oxygen atoms in total. The predicted molar refractivity (Wildman–Crippen MR) is 58.6 cm³/mol. The van der Waals surface area contributed by atoms with Crippen LogP contribution in [-0.4, -0.2) is 22.0 Å². The summed E-state index contributed by atoms with van der Waals surface area (Å²) in [4.78, 5) is 0.828. The molecule has 0 spiro atoms. The SMILES string of the molecule is C/C(=C\C[S+]([O-])c1ccccc1)CO. The topological polar surface area (TPSA) is 43.3 Å². The van der Waals surface area contributed by atoms with Gasteiger partial charge in [0.1, 0.15) is 5.75 Å². The number of rotatable bonds is 4. The molecule has 1 unspecified atom stereocenters. The second-order valence-corrected chi connectivity index (χ2v) is 4.53. The van der Waals surface area contributed by atoms with Crippen molar-refractivity contribution in [3.8, 4) is 0 Å². The van der Waals surface area contributed by atoms with Crippen molar-refractivity contribution in [2.24, 2.45) is 0 Å². The highest BCUT2D eigenvalue weighted by Crippen LogP contribution is 2.10. The van der Waals surface area contributed by atoms with E-state index in [1.165, 1.54) is 0 Å². The first-order valence-electron chi connectivity index (χ1n) is 4.44. The molecule has 3 heteroatoms. The fourth-order valence-corrected chi connectivity index (χ4v) is 2.04. The van der Waals surface area contributed by atoms with Crippen molar-refractivity contribution in [2.45, 2.75) is 11.8 Å². The van der Waals surface area contributed by atoms with Crippen molar-refractivity contribution in [3.05, 3.63) is 42.0 Å². The number of hydrogen-bond acceptors (Lipinski definition) is 2. The molecular formula is C11H14O2S. The smallest absolute Gasteiger partial charge is 0.152 e. The Morgan fingerprint density at radius 2 is 2.07 bits per heavy atom. The van der Waals surface area contributed by atoms with Gasteiger partial charge in [0.15, 0.2) is 4.90 Å². The standard InChI is InChI=1S/C11H14O2S/c1-10(9-12)7-8-14(13)11-5-3-2-4-6-11/h2-7,12H,8-9H2,1H3/b10-7+. The van der Waals surface area contributed by atoms with Crippen LogP contribution in [0.4, 0.5) is 0 Å². The summed E-state index contributed by atoms with van der Waals surface area (Å²) >= 11 is -0.993. The van der Waals surface area contributed by atoms with E-state index in [0.29, 0.717) is 5.75 Å². The van der Waals surface area contributed by atoms with Gasteiger partial charge in [-0.15, -0.1) is 0 Å². The van der Waals surface area contributed by atoms with Crippen LogP contribution in [0.15, 0.2) is 46.9 Å². The van der Waals surface area contributed by atoms with Crippen molar-refractivity contribution in [3.63, 3.8) is 0 Å². The summed E-state index contributed by atoms with van der Waals surface area (Å²) in [7, 11) is 0. The summed E-state index contributed by atoms with van der Waals surface area (Å²) in [6.07, 6.45) is 1.81. The Labute approximate surface area is 87.5 Å². The Kier molecular flexibility index (Phi) is 4.73. The molecule has 76 valence electrons. The largest absolute Gasteiger partial charge is 0.611 e. The van der Waals surface area contributed by atoms with Crippen molar-refractivity contribution in [1.29, 1.82) is 0 Å². The van der Waals surface area contributed by atoms with E-state index in [1.807, 2.05) is 43.3 Å². The average Bonchev–Trinajstić information content (AvgIpc) is 2.26. The zero-order chi connectivity index (χ0) is 10.4. The lowest BCUT2D eigenvalue weighted by atomic mass is 10.3. The van der Waals surface area contributed by atoms with Gasteiger partial charge >= 0.3 is 0 Å². The van der Waals surface area contributed by atoms with Crippen LogP contribution in [0.2, 0.25) is 0 Å². The first-order chi connectivity index (χ1) is 6.74. The van der Waals surface area contributed by atoms with E-state index >= 15 is 0 Å². The minimum absolute atomic E-state index is 0.0337. The minimum Gasteiger partial charge on any atom is -0.611 e. The van der Waals surface area contributed by atoms with E-state index in [4.69, 9.17) is 5.11 Å². The molecule has 1 N–H and O–H groups in total. The molecule has 0 aromatic heterocycles. The number of aliphatic hydroxyl groups excluding tert-OH is 1. The molecule has 0 amide bonds. The minimum atomic E-state index is -0.993. The molecular weight excluding hydrogens is 196 g/mol. The molecule has 14 heavy (non-hydrogen) atoms.